The van der Waals surface area contributed by atoms with Crippen molar-refractivity contribution < 1.29 is 17.9 Å². The van der Waals surface area contributed by atoms with E-state index in [1.807, 2.05) is 18.2 Å². The normalized spacial score (nSPS) is 17.5. The van der Waals surface area contributed by atoms with Gasteiger partial charge in [0, 0.05) is 11.1 Å². The number of unbranched alkanes of at least 4 members (excludes halogenated alkanes) is 4. The van der Waals surface area contributed by atoms with Gasteiger partial charge in [-0.25, -0.2) is 8.78 Å². The van der Waals surface area contributed by atoms with Crippen molar-refractivity contribution in [3.8, 4) is 28.0 Å². The van der Waals surface area contributed by atoms with Gasteiger partial charge in [0.05, 0.1) is 6.61 Å². The molecule has 1 saturated carbocycles. The lowest BCUT2D eigenvalue weighted by Gasteiger charge is -2.27. The van der Waals surface area contributed by atoms with Gasteiger partial charge in [-0.1, -0.05) is 75.1 Å². The highest BCUT2D eigenvalue weighted by Crippen LogP contribution is 2.38. The van der Waals surface area contributed by atoms with Crippen molar-refractivity contribution in [1.29, 1.82) is 0 Å². The Morgan fingerprint density at radius 2 is 1.43 bits per heavy atom. The molecule has 0 atom stereocenters. The third-order valence-electron chi connectivity index (χ3n) is 7.63. The zero-order chi connectivity index (χ0) is 26.2. The lowest BCUT2D eigenvalue weighted by Crippen LogP contribution is -2.11. The minimum Gasteiger partial charge on any atom is -0.490 e. The summed E-state index contributed by atoms with van der Waals surface area (Å²) in [4.78, 5) is 0. The van der Waals surface area contributed by atoms with Gasteiger partial charge in [0.1, 0.15) is 5.82 Å². The van der Waals surface area contributed by atoms with Gasteiger partial charge in [0.2, 0.25) is 5.82 Å². The van der Waals surface area contributed by atoms with E-state index in [1.54, 1.807) is 30.3 Å². The quantitative estimate of drug-likeness (QED) is 0.186. The summed E-state index contributed by atoms with van der Waals surface area (Å²) < 4.78 is 50.1. The van der Waals surface area contributed by atoms with Crippen LogP contribution in [-0.4, -0.2) is 6.61 Å². The summed E-state index contributed by atoms with van der Waals surface area (Å²) in [6.07, 6.45) is 11.6. The number of ether oxygens (including phenoxy) is 1. The van der Waals surface area contributed by atoms with Gasteiger partial charge in [-0.3, -0.25) is 0 Å². The van der Waals surface area contributed by atoms with Gasteiger partial charge in [-0.05, 0) is 78.8 Å². The summed E-state index contributed by atoms with van der Waals surface area (Å²) in [6, 6.07) is 15.4. The van der Waals surface area contributed by atoms with Crippen LogP contribution in [0.2, 0.25) is 0 Å². The molecule has 4 heteroatoms. The first kappa shape index (κ1) is 27.0. The number of allylic oxidation sites excluding steroid dienone is 1. The van der Waals surface area contributed by atoms with Gasteiger partial charge in [-0.15, -0.1) is 6.58 Å². The maximum Gasteiger partial charge on any atom is 0.201 e. The van der Waals surface area contributed by atoms with Gasteiger partial charge in [0.15, 0.2) is 11.6 Å². The fourth-order valence-corrected chi connectivity index (χ4v) is 5.29. The SMILES string of the molecule is C=CC1CCC(c2ccc(-c3ccc(-c4ccc(OCCCCCCC)c(F)c4F)cc3)c(F)c2)CC1. The molecular formula is C33H37F3O. The Kier molecular flexibility index (Phi) is 9.49. The maximum absolute atomic E-state index is 15.1. The second kappa shape index (κ2) is 13.0. The summed E-state index contributed by atoms with van der Waals surface area (Å²) >= 11 is 0. The van der Waals surface area contributed by atoms with Crippen molar-refractivity contribution in [3.63, 3.8) is 0 Å². The van der Waals surface area contributed by atoms with Crippen molar-refractivity contribution in [3.05, 3.63) is 90.3 Å². The topological polar surface area (TPSA) is 9.23 Å². The highest BCUT2D eigenvalue weighted by atomic mass is 19.2. The van der Waals surface area contributed by atoms with Crippen LogP contribution < -0.4 is 4.74 Å². The molecule has 0 aliphatic heterocycles. The van der Waals surface area contributed by atoms with Crippen LogP contribution in [0.3, 0.4) is 0 Å². The number of hydrogen-bond donors (Lipinski definition) is 0. The fraction of sp³-hybridized carbons (Fsp3) is 0.394. The van der Waals surface area contributed by atoms with Crippen molar-refractivity contribution in [2.24, 2.45) is 5.92 Å². The molecule has 0 heterocycles. The third kappa shape index (κ3) is 6.66. The summed E-state index contributed by atoms with van der Waals surface area (Å²) in [5.74, 6) is -1.27. The highest BCUT2D eigenvalue weighted by molar-refractivity contribution is 5.71. The molecule has 0 aromatic heterocycles. The smallest absolute Gasteiger partial charge is 0.201 e. The minimum atomic E-state index is -0.973. The first-order valence-electron chi connectivity index (χ1n) is 13.7. The van der Waals surface area contributed by atoms with Crippen molar-refractivity contribution >= 4 is 0 Å². The average molecular weight is 507 g/mol. The molecule has 196 valence electrons. The molecule has 0 spiro atoms. The average Bonchev–Trinajstić information content (AvgIpc) is 2.93. The zero-order valence-corrected chi connectivity index (χ0v) is 21.7. The van der Waals surface area contributed by atoms with Crippen LogP contribution in [0.1, 0.15) is 76.2 Å². The van der Waals surface area contributed by atoms with E-state index < -0.39 is 11.6 Å². The molecule has 3 aromatic carbocycles. The summed E-state index contributed by atoms with van der Waals surface area (Å²) in [5.41, 5.74) is 2.94. The van der Waals surface area contributed by atoms with E-state index in [0.717, 1.165) is 56.9 Å². The molecule has 1 aliphatic carbocycles. The van der Waals surface area contributed by atoms with E-state index in [9.17, 15) is 8.78 Å². The highest BCUT2D eigenvalue weighted by Gasteiger charge is 2.22. The van der Waals surface area contributed by atoms with Gasteiger partial charge in [-0.2, -0.15) is 4.39 Å². The summed E-state index contributed by atoms with van der Waals surface area (Å²) in [6.45, 7) is 6.41. The zero-order valence-electron chi connectivity index (χ0n) is 21.7. The second-order valence-electron chi connectivity index (χ2n) is 10.2. The molecule has 3 aromatic rings. The Morgan fingerprint density at radius 1 is 0.784 bits per heavy atom. The van der Waals surface area contributed by atoms with E-state index in [4.69, 9.17) is 4.74 Å². The molecule has 0 radical (unpaired) electrons. The molecule has 1 aliphatic rings. The van der Waals surface area contributed by atoms with Crippen LogP contribution in [0.15, 0.2) is 67.3 Å². The van der Waals surface area contributed by atoms with Gasteiger partial charge < -0.3 is 4.74 Å². The second-order valence-corrected chi connectivity index (χ2v) is 10.2. The molecule has 0 N–H and O–H groups in total. The lowest BCUT2D eigenvalue weighted by molar-refractivity contribution is 0.285. The number of hydrogen-bond acceptors (Lipinski definition) is 1. The molecule has 0 bridgehead atoms. The largest absolute Gasteiger partial charge is 0.490 e. The molecule has 0 unspecified atom stereocenters. The van der Waals surface area contributed by atoms with Crippen molar-refractivity contribution in [2.75, 3.05) is 6.61 Å². The summed E-state index contributed by atoms with van der Waals surface area (Å²) in [7, 11) is 0. The predicted molar refractivity (Wildman–Crippen MR) is 146 cm³/mol. The predicted octanol–water partition coefficient (Wildman–Crippen LogP) is 10.2. The Hall–Kier alpha value is -3.01. The van der Waals surface area contributed by atoms with E-state index in [0.29, 0.717) is 35.1 Å². The Bertz CT molecular complexity index is 1180. The van der Waals surface area contributed by atoms with Gasteiger partial charge >= 0.3 is 0 Å². The molecule has 37 heavy (non-hydrogen) atoms. The van der Waals surface area contributed by atoms with Crippen LogP contribution in [0.5, 0.6) is 5.75 Å². The Morgan fingerprint density at radius 3 is 2.08 bits per heavy atom. The molecule has 1 nitrogen and oxygen atoms in total. The fourth-order valence-electron chi connectivity index (χ4n) is 5.29. The minimum absolute atomic E-state index is 0.0616. The number of halogens is 3. The van der Waals surface area contributed by atoms with Crippen molar-refractivity contribution in [1.82, 2.24) is 0 Å². The molecular weight excluding hydrogens is 469 g/mol. The maximum atomic E-state index is 15.1. The molecule has 0 saturated heterocycles. The third-order valence-corrected chi connectivity index (χ3v) is 7.63. The van der Waals surface area contributed by atoms with E-state index >= 15 is 4.39 Å². The molecule has 0 amide bonds. The van der Waals surface area contributed by atoms with Gasteiger partial charge in [0.25, 0.3) is 0 Å². The Balaban J connectivity index is 1.42. The first-order chi connectivity index (χ1) is 18.0. The van der Waals surface area contributed by atoms with Crippen LogP contribution in [0.4, 0.5) is 13.2 Å². The number of benzene rings is 3. The standard InChI is InChI=1S/C33H37F3O/c1-3-5-6-7-8-21-37-31-20-19-29(32(35)33(31)36)26-15-13-25(14-16-26)28-18-17-27(22-30(28)34)24-11-9-23(4-2)10-12-24/h4,13-20,22-24H,2-3,5-12,21H2,1H3. The Labute approximate surface area is 219 Å². The van der Waals surface area contributed by atoms with Crippen LogP contribution in [-0.2, 0) is 0 Å². The summed E-state index contributed by atoms with van der Waals surface area (Å²) in [5, 5.41) is 0. The van der Waals surface area contributed by atoms with Crippen LogP contribution in [0, 0.1) is 23.4 Å². The molecule has 1 fully saturated rings. The van der Waals surface area contributed by atoms with E-state index in [1.165, 1.54) is 18.6 Å². The number of rotatable bonds is 11. The van der Waals surface area contributed by atoms with E-state index in [2.05, 4.69) is 13.5 Å². The first-order valence-corrected chi connectivity index (χ1v) is 13.7. The molecule has 4 rings (SSSR count). The van der Waals surface area contributed by atoms with Crippen molar-refractivity contribution in [2.45, 2.75) is 70.6 Å². The monoisotopic (exact) mass is 506 g/mol. The van der Waals surface area contributed by atoms with Crippen LogP contribution in [0.25, 0.3) is 22.3 Å². The van der Waals surface area contributed by atoms with Crippen LogP contribution >= 0.6 is 0 Å². The van der Waals surface area contributed by atoms with E-state index in [-0.39, 0.29) is 17.1 Å². The lowest BCUT2D eigenvalue weighted by atomic mass is 9.78.